The summed E-state index contributed by atoms with van der Waals surface area (Å²) in [5, 5.41) is 0. The molecule has 0 atom stereocenters. The second kappa shape index (κ2) is 7.49. The fourth-order valence-corrected chi connectivity index (χ4v) is 3.23. The molecule has 0 aliphatic heterocycles. The lowest BCUT2D eigenvalue weighted by Crippen LogP contribution is -1.98. The van der Waals surface area contributed by atoms with E-state index in [1.165, 1.54) is 6.21 Å². The summed E-state index contributed by atoms with van der Waals surface area (Å²) in [5.74, 6) is 0.517. The minimum Gasteiger partial charge on any atom is -0.481 e. The van der Waals surface area contributed by atoms with Crippen LogP contribution < -0.4 is 4.74 Å². The van der Waals surface area contributed by atoms with E-state index in [0.29, 0.717) is 11.4 Å². The van der Waals surface area contributed by atoms with Crippen molar-refractivity contribution < 1.29 is 13.2 Å². The van der Waals surface area contributed by atoms with Crippen molar-refractivity contribution in [3.63, 3.8) is 0 Å². The van der Waals surface area contributed by atoms with Gasteiger partial charge in [-0.25, -0.2) is 4.98 Å². The van der Waals surface area contributed by atoms with Crippen LogP contribution in [0.3, 0.4) is 0 Å². The third kappa shape index (κ3) is 4.15. The number of sulfonamides is 1. The van der Waals surface area contributed by atoms with E-state index < -0.39 is 10.0 Å². The van der Waals surface area contributed by atoms with Crippen LogP contribution in [0, 0.1) is 6.92 Å². The molecular weight excluding hydrogens is 348 g/mol. The number of methoxy groups -OCH3 is 1. The van der Waals surface area contributed by atoms with E-state index in [4.69, 9.17) is 4.74 Å². The van der Waals surface area contributed by atoms with Crippen LogP contribution in [0.15, 0.2) is 76.0 Å². The Morgan fingerprint density at radius 3 is 2.46 bits per heavy atom. The molecule has 3 rings (SSSR count). The van der Waals surface area contributed by atoms with Crippen molar-refractivity contribution in [2.75, 3.05) is 7.11 Å². The first kappa shape index (κ1) is 17.8. The highest BCUT2D eigenvalue weighted by Crippen LogP contribution is 2.21. The summed E-state index contributed by atoms with van der Waals surface area (Å²) >= 11 is 0. The highest BCUT2D eigenvalue weighted by atomic mass is 32.2. The van der Waals surface area contributed by atoms with E-state index in [0.717, 1.165) is 16.8 Å². The Kier molecular flexibility index (Phi) is 5.14. The van der Waals surface area contributed by atoms with Crippen LogP contribution in [-0.4, -0.2) is 26.7 Å². The Balaban J connectivity index is 1.88. The summed E-state index contributed by atoms with van der Waals surface area (Å²) in [7, 11) is -2.17. The van der Waals surface area contributed by atoms with E-state index in [1.807, 2.05) is 37.3 Å². The van der Waals surface area contributed by atoms with Gasteiger partial charge < -0.3 is 4.74 Å². The molecule has 0 saturated heterocycles. The Bertz CT molecular complexity index is 1040. The molecule has 0 saturated carbocycles. The third-order valence-electron chi connectivity index (χ3n) is 3.77. The molecule has 0 radical (unpaired) electrons. The molecule has 1 heterocycles. The highest BCUT2D eigenvalue weighted by molar-refractivity contribution is 7.90. The van der Waals surface area contributed by atoms with Gasteiger partial charge in [0.2, 0.25) is 5.88 Å². The number of aromatic nitrogens is 1. The van der Waals surface area contributed by atoms with Gasteiger partial charge in [-0.1, -0.05) is 42.0 Å². The van der Waals surface area contributed by atoms with Crippen molar-refractivity contribution >= 4 is 16.2 Å². The molecule has 0 amide bonds. The second-order valence-electron chi connectivity index (χ2n) is 5.71. The van der Waals surface area contributed by atoms with E-state index in [1.54, 1.807) is 43.5 Å². The molecule has 5 nitrogen and oxygen atoms in total. The predicted octanol–water partition coefficient (Wildman–Crippen LogP) is 3.87. The van der Waals surface area contributed by atoms with Crippen LogP contribution in [0.2, 0.25) is 0 Å². The van der Waals surface area contributed by atoms with Crippen LogP contribution in [0.4, 0.5) is 0 Å². The molecule has 0 unspecified atom stereocenters. The summed E-state index contributed by atoms with van der Waals surface area (Å²) < 4.78 is 33.6. The van der Waals surface area contributed by atoms with Gasteiger partial charge in [0.1, 0.15) is 0 Å². The molecule has 0 bridgehead atoms. The number of hydrogen-bond donors (Lipinski definition) is 0. The zero-order chi connectivity index (χ0) is 18.6. The summed E-state index contributed by atoms with van der Waals surface area (Å²) in [6.45, 7) is 1.90. The van der Waals surface area contributed by atoms with Gasteiger partial charge >= 0.3 is 0 Å². The largest absolute Gasteiger partial charge is 0.481 e. The standard InChI is InChI=1S/C20H18N2O3S/c1-15-9-11-18(12-10-15)26(23,24)21-14-16-5-3-6-17(13-16)19-7-4-8-20(22-19)25-2/h3-14H,1-2H3/b21-14+. The van der Waals surface area contributed by atoms with Crippen LogP contribution in [-0.2, 0) is 10.0 Å². The highest BCUT2D eigenvalue weighted by Gasteiger charge is 2.11. The van der Waals surface area contributed by atoms with Gasteiger partial charge in [-0.15, -0.1) is 0 Å². The van der Waals surface area contributed by atoms with Crippen LogP contribution in [0.5, 0.6) is 5.88 Å². The number of ether oxygens (including phenoxy) is 1. The van der Waals surface area contributed by atoms with Gasteiger partial charge in [-0.3, -0.25) is 0 Å². The summed E-state index contributed by atoms with van der Waals surface area (Å²) in [6, 6.07) is 19.4. The normalized spacial score (nSPS) is 11.6. The molecule has 0 spiro atoms. The molecule has 0 aliphatic rings. The molecule has 0 fully saturated rings. The predicted molar refractivity (Wildman–Crippen MR) is 102 cm³/mol. The fraction of sp³-hybridized carbons (Fsp3) is 0.100. The van der Waals surface area contributed by atoms with Gasteiger partial charge in [-0.05, 0) is 36.8 Å². The Hall–Kier alpha value is -2.99. The van der Waals surface area contributed by atoms with Crippen molar-refractivity contribution in [2.45, 2.75) is 11.8 Å². The van der Waals surface area contributed by atoms with Gasteiger partial charge in [0.15, 0.2) is 0 Å². The minimum absolute atomic E-state index is 0.171. The summed E-state index contributed by atoms with van der Waals surface area (Å²) in [4.78, 5) is 4.55. The smallest absolute Gasteiger partial charge is 0.282 e. The molecule has 0 N–H and O–H groups in total. The number of benzene rings is 2. The van der Waals surface area contributed by atoms with Crippen molar-refractivity contribution in [3.05, 3.63) is 77.9 Å². The number of aryl methyl sites for hydroxylation is 1. The monoisotopic (exact) mass is 366 g/mol. The maximum absolute atomic E-state index is 12.3. The molecule has 26 heavy (non-hydrogen) atoms. The van der Waals surface area contributed by atoms with Crippen molar-refractivity contribution in [2.24, 2.45) is 4.40 Å². The average molecular weight is 366 g/mol. The molecule has 3 aromatic rings. The fourth-order valence-electron chi connectivity index (χ4n) is 2.37. The number of nitrogens with zero attached hydrogens (tertiary/aromatic N) is 2. The Morgan fingerprint density at radius 1 is 1.00 bits per heavy atom. The first-order valence-electron chi connectivity index (χ1n) is 7.96. The Morgan fingerprint density at radius 2 is 1.73 bits per heavy atom. The molecular formula is C20H18N2O3S. The van der Waals surface area contributed by atoms with E-state index in [-0.39, 0.29) is 4.90 Å². The van der Waals surface area contributed by atoms with Gasteiger partial charge in [-0.2, -0.15) is 12.8 Å². The zero-order valence-electron chi connectivity index (χ0n) is 14.5. The zero-order valence-corrected chi connectivity index (χ0v) is 15.3. The van der Waals surface area contributed by atoms with E-state index >= 15 is 0 Å². The molecule has 6 heteroatoms. The van der Waals surface area contributed by atoms with Gasteiger partial charge in [0.25, 0.3) is 10.0 Å². The quantitative estimate of drug-likeness (QED) is 0.643. The summed E-state index contributed by atoms with van der Waals surface area (Å²) in [6.07, 6.45) is 1.35. The first-order chi connectivity index (χ1) is 12.5. The molecule has 132 valence electrons. The Labute approximate surface area is 153 Å². The SMILES string of the molecule is COc1cccc(-c2cccc(/C=N/S(=O)(=O)c3ccc(C)cc3)c2)n1. The average Bonchev–Trinajstić information content (AvgIpc) is 2.67. The maximum atomic E-state index is 12.3. The second-order valence-corrected chi connectivity index (χ2v) is 7.35. The third-order valence-corrected chi connectivity index (χ3v) is 5.03. The van der Waals surface area contributed by atoms with Gasteiger partial charge in [0, 0.05) is 17.8 Å². The molecule has 1 aromatic heterocycles. The lowest BCUT2D eigenvalue weighted by molar-refractivity contribution is 0.398. The number of pyridine rings is 1. The molecule has 0 aliphatic carbocycles. The van der Waals surface area contributed by atoms with Crippen LogP contribution in [0.25, 0.3) is 11.3 Å². The van der Waals surface area contributed by atoms with E-state index in [9.17, 15) is 8.42 Å². The summed E-state index contributed by atoms with van der Waals surface area (Å²) in [5.41, 5.74) is 3.25. The number of rotatable bonds is 5. The number of hydrogen-bond acceptors (Lipinski definition) is 4. The van der Waals surface area contributed by atoms with Gasteiger partial charge in [0.05, 0.1) is 17.7 Å². The van der Waals surface area contributed by atoms with Crippen molar-refractivity contribution in [1.82, 2.24) is 4.98 Å². The van der Waals surface area contributed by atoms with Crippen molar-refractivity contribution in [3.8, 4) is 17.1 Å². The lowest BCUT2D eigenvalue weighted by Gasteiger charge is -2.04. The topological polar surface area (TPSA) is 68.6 Å². The van der Waals surface area contributed by atoms with E-state index in [2.05, 4.69) is 9.38 Å². The minimum atomic E-state index is -3.73. The first-order valence-corrected chi connectivity index (χ1v) is 9.40. The lowest BCUT2D eigenvalue weighted by atomic mass is 10.1. The van der Waals surface area contributed by atoms with Crippen molar-refractivity contribution in [1.29, 1.82) is 0 Å². The maximum Gasteiger partial charge on any atom is 0.282 e. The molecule has 2 aromatic carbocycles. The van der Waals surface area contributed by atoms with Crippen LogP contribution >= 0.6 is 0 Å². The van der Waals surface area contributed by atoms with Crippen LogP contribution in [0.1, 0.15) is 11.1 Å².